The van der Waals surface area contributed by atoms with Crippen LogP contribution in [-0.4, -0.2) is 45.1 Å². The van der Waals surface area contributed by atoms with Crippen LogP contribution in [-0.2, 0) is 4.74 Å². The summed E-state index contributed by atoms with van der Waals surface area (Å²) in [6, 6.07) is 7.90. The molecule has 1 aromatic carbocycles. The van der Waals surface area contributed by atoms with Gasteiger partial charge in [-0.1, -0.05) is 11.6 Å². The van der Waals surface area contributed by atoms with E-state index >= 15 is 0 Å². The quantitative estimate of drug-likeness (QED) is 0.195. The number of thioether (sulfide) groups is 1. The number of nitrogens with zero attached hydrogens (tertiary/aromatic N) is 1. The first-order valence-electron chi connectivity index (χ1n) is 7.17. The van der Waals surface area contributed by atoms with Gasteiger partial charge in [-0.05, 0) is 37.6 Å². The molecule has 0 bridgehead atoms. The summed E-state index contributed by atoms with van der Waals surface area (Å²) >= 11 is 7.65. The zero-order valence-electron chi connectivity index (χ0n) is 13.1. The molecule has 22 heavy (non-hydrogen) atoms. The van der Waals surface area contributed by atoms with E-state index in [0.717, 1.165) is 49.5 Å². The highest BCUT2D eigenvalue weighted by atomic mass is 127. The van der Waals surface area contributed by atoms with Crippen LogP contribution in [0.15, 0.2) is 34.2 Å². The monoisotopic (exact) mass is 457 g/mol. The van der Waals surface area contributed by atoms with Crippen molar-refractivity contribution >= 4 is 53.3 Å². The van der Waals surface area contributed by atoms with Crippen molar-refractivity contribution < 1.29 is 4.74 Å². The molecule has 0 aliphatic heterocycles. The summed E-state index contributed by atoms with van der Waals surface area (Å²) in [6.07, 6.45) is 0.980. The van der Waals surface area contributed by atoms with Crippen molar-refractivity contribution in [3.05, 3.63) is 29.3 Å². The largest absolute Gasteiger partial charge is 0.382 e. The number of nitrogens with one attached hydrogen (secondary N) is 2. The number of guanidine groups is 1. The van der Waals surface area contributed by atoms with E-state index in [1.165, 1.54) is 4.90 Å². The normalized spacial score (nSPS) is 11.0. The van der Waals surface area contributed by atoms with Crippen LogP contribution in [0, 0.1) is 0 Å². The second kappa shape index (κ2) is 14.4. The van der Waals surface area contributed by atoms with E-state index in [-0.39, 0.29) is 24.0 Å². The fraction of sp³-hybridized carbons (Fsp3) is 0.533. The smallest absolute Gasteiger partial charge is 0.191 e. The number of rotatable bonds is 9. The van der Waals surface area contributed by atoms with E-state index in [2.05, 4.69) is 15.6 Å². The first kappa shape index (κ1) is 21.8. The molecule has 4 nitrogen and oxygen atoms in total. The Morgan fingerprint density at radius 3 is 2.55 bits per heavy atom. The van der Waals surface area contributed by atoms with Gasteiger partial charge in [0.15, 0.2) is 5.96 Å². The molecule has 0 spiro atoms. The maximum Gasteiger partial charge on any atom is 0.191 e. The molecule has 0 atom stereocenters. The van der Waals surface area contributed by atoms with Gasteiger partial charge in [0, 0.05) is 49.0 Å². The highest BCUT2D eigenvalue weighted by Crippen LogP contribution is 2.19. The molecule has 126 valence electrons. The van der Waals surface area contributed by atoms with Crippen LogP contribution >= 0.6 is 47.3 Å². The fourth-order valence-electron chi connectivity index (χ4n) is 1.62. The van der Waals surface area contributed by atoms with E-state index in [4.69, 9.17) is 16.3 Å². The van der Waals surface area contributed by atoms with Crippen molar-refractivity contribution in [2.45, 2.75) is 18.2 Å². The van der Waals surface area contributed by atoms with Gasteiger partial charge >= 0.3 is 0 Å². The molecule has 0 amide bonds. The molecule has 0 aromatic heterocycles. The lowest BCUT2D eigenvalue weighted by Crippen LogP contribution is -2.39. The third-order valence-electron chi connectivity index (χ3n) is 2.66. The number of hydrogen-bond acceptors (Lipinski definition) is 3. The Kier molecular flexibility index (Phi) is 14.3. The standard InChI is InChI=1S/C15H24ClN3OS.HI/c1-3-20-11-4-9-18-15(17-2)19-10-12-21-14-7-5-13(16)6-8-14;/h5-8H,3-4,9-12H2,1-2H3,(H2,17,18,19);1H. The van der Waals surface area contributed by atoms with Crippen molar-refractivity contribution in [2.24, 2.45) is 4.99 Å². The second-order valence-corrected chi connectivity index (χ2v) is 5.88. The van der Waals surface area contributed by atoms with Crippen LogP contribution in [0.25, 0.3) is 0 Å². The Balaban J connectivity index is 0.00000441. The van der Waals surface area contributed by atoms with E-state index in [9.17, 15) is 0 Å². The molecule has 0 saturated carbocycles. The summed E-state index contributed by atoms with van der Waals surface area (Å²) in [5.74, 6) is 1.81. The number of halogens is 2. The Labute approximate surface area is 159 Å². The van der Waals surface area contributed by atoms with Crippen LogP contribution in [0.1, 0.15) is 13.3 Å². The molecule has 1 rings (SSSR count). The van der Waals surface area contributed by atoms with E-state index in [0.29, 0.717) is 0 Å². The lowest BCUT2D eigenvalue weighted by atomic mass is 10.4. The van der Waals surface area contributed by atoms with E-state index in [1.807, 2.05) is 31.2 Å². The first-order valence-corrected chi connectivity index (χ1v) is 8.53. The first-order chi connectivity index (χ1) is 10.3. The van der Waals surface area contributed by atoms with E-state index < -0.39 is 0 Å². The molecule has 0 saturated heterocycles. The summed E-state index contributed by atoms with van der Waals surface area (Å²) in [4.78, 5) is 5.41. The topological polar surface area (TPSA) is 45.6 Å². The molecular weight excluding hydrogens is 433 g/mol. The van der Waals surface area contributed by atoms with Crippen molar-refractivity contribution in [3.63, 3.8) is 0 Å². The summed E-state index contributed by atoms with van der Waals surface area (Å²) in [5.41, 5.74) is 0. The zero-order chi connectivity index (χ0) is 15.3. The lowest BCUT2D eigenvalue weighted by Gasteiger charge is -2.11. The van der Waals surface area contributed by atoms with Gasteiger partial charge in [-0.2, -0.15) is 0 Å². The second-order valence-electron chi connectivity index (χ2n) is 4.28. The highest BCUT2D eigenvalue weighted by molar-refractivity contribution is 14.0. The summed E-state index contributed by atoms with van der Waals surface area (Å²) in [5, 5.41) is 7.33. The molecular formula is C15H25ClIN3OS. The van der Waals surface area contributed by atoms with E-state index in [1.54, 1.807) is 18.8 Å². The molecule has 0 radical (unpaired) electrons. The summed E-state index contributed by atoms with van der Waals surface area (Å²) in [6.45, 7) is 5.29. The summed E-state index contributed by atoms with van der Waals surface area (Å²) < 4.78 is 5.29. The van der Waals surface area contributed by atoms with Crippen LogP contribution in [0.5, 0.6) is 0 Å². The van der Waals surface area contributed by atoms with Crippen LogP contribution in [0.4, 0.5) is 0 Å². The van der Waals surface area contributed by atoms with Gasteiger partial charge in [-0.3, -0.25) is 4.99 Å². The Morgan fingerprint density at radius 1 is 1.23 bits per heavy atom. The Bertz CT molecular complexity index is 418. The fourth-order valence-corrected chi connectivity index (χ4v) is 2.51. The number of ether oxygens (including phenoxy) is 1. The predicted octanol–water partition coefficient (Wildman–Crippen LogP) is 3.64. The Hall–Kier alpha value is -0.180. The SMILES string of the molecule is CCOCCCNC(=NC)NCCSc1ccc(Cl)cc1.I. The van der Waals surface area contributed by atoms with Gasteiger partial charge in [-0.25, -0.2) is 0 Å². The third-order valence-corrected chi connectivity index (χ3v) is 3.93. The molecule has 1 aromatic rings. The molecule has 0 unspecified atom stereocenters. The highest BCUT2D eigenvalue weighted by Gasteiger charge is 1.98. The average Bonchev–Trinajstić information content (AvgIpc) is 2.51. The van der Waals surface area contributed by atoms with Gasteiger partial charge in [0.05, 0.1) is 0 Å². The molecule has 2 N–H and O–H groups in total. The van der Waals surface area contributed by atoms with Gasteiger partial charge in [0.1, 0.15) is 0 Å². The van der Waals surface area contributed by atoms with Gasteiger partial charge in [0.2, 0.25) is 0 Å². The van der Waals surface area contributed by atoms with Crippen molar-refractivity contribution in [1.82, 2.24) is 10.6 Å². The van der Waals surface area contributed by atoms with Crippen LogP contribution in [0.3, 0.4) is 0 Å². The summed E-state index contributed by atoms with van der Waals surface area (Å²) in [7, 11) is 1.78. The molecule has 0 heterocycles. The maximum atomic E-state index is 5.86. The number of benzene rings is 1. The van der Waals surface area contributed by atoms with Crippen molar-refractivity contribution in [2.75, 3.05) is 39.1 Å². The minimum atomic E-state index is 0. The predicted molar refractivity (Wildman–Crippen MR) is 108 cm³/mol. The zero-order valence-corrected chi connectivity index (χ0v) is 17.0. The molecule has 0 fully saturated rings. The Morgan fingerprint density at radius 2 is 1.91 bits per heavy atom. The van der Waals surface area contributed by atoms with Crippen molar-refractivity contribution in [1.29, 1.82) is 0 Å². The van der Waals surface area contributed by atoms with Gasteiger partial charge in [0.25, 0.3) is 0 Å². The minimum absolute atomic E-state index is 0. The van der Waals surface area contributed by atoms with Crippen LogP contribution < -0.4 is 10.6 Å². The lowest BCUT2D eigenvalue weighted by molar-refractivity contribution is 0.145. The van der Waals surface area contributed by atoms with Gasteiger partial charge in [-0.15, -0.1) is 35.7 Å². The number of hydrogen-bond donors (Lipinski definition) is 2. The third kappa shape index (κ3) is 10.5. The minimum Gasteiger partial charge on any atom is -0.382 e. The molecule has 0 aliphatic rings. The maximum absolute atomic E-state index is 5.86. The van der Waals surface area contributed by atoms with Crippen molar-refractivity contribution in [3.8, 4) is 0 Å². The average molecular weight is 458 g/mol. The molecule has 0 aliphatic carbocycles. The number of aliphatic imine (C=N–C) groups is 1. The molecule has 7 heteroatoms. The van der Waals surface area contributed by atoms with Gasteiger partial charge < -0.3 is 15.4 Å². The van der Waals surface area contributed by atoms with Crippen LogP contribution in [0.2, 0.25) is 5.02 Å².